The molecule has 0 spiro atoms. The Morgan fingerprint density at radius 2 is 1.47 bits per heavy atom. The van der Waals surface area contributed by atoms with Gasteiger partial charge < -0.3 is 29.8 Å². The fraction of sp³-hybridized carbons (Fsp3) is 0.467. The molecule has 1 aliphatic rings. The number of para-hydroxylation sites is 1. The quantitative estimate of drug-likeness (QED) is 0.0854. The molecule has 0 saturated heterocycles. The largest absolute Gasteiger partial charge is 0.496 e. The number of ketones is 2. The van der Waals surface area contributed by atoms with E-state index in [-0.39, 0.29) is 89.8 Å². The lowest BCUT2D eigenvalue weighted by Crippen LogP contribution is -2.60. The lowest BCUT2D eigenvalue weighted by Gasteiger charge is -2.39. The van der Waals surface area contributed by atoms with Gasteiger partial charge in [-0.15, -0.1) is 0 Å². The van der Waals surface area contributed by atoms with Gasteiger partial charge in [-0.3, -0.25) is 19.2 Å². The molecule has 2 unspecified atom stereocenters. The van der Waals surface area contributed by atoms with E-state index in [0.717, 1.165) is 6.07 Å². The summed E-state index contributed by atoms with van der Waals surface area (Å²) >= 11 is 0. The minimum atomic E-state index is -4.65. The average molecular weight is 824 g/mol. The highest BCUT2D eigenvalue weighted by molar-refractivity contribution is 6.02. The molecule has 1 aliphatic carbocycles. The number of fused-ring (bicyclic) bond motifs is 3. The predicted octanol–water partition coefficient (Wildman–Crippen LogP) is 8.82. The third-order valence-corrected chi connectivity index (χ3v) is 12.0. The number of H-pyrrole nitrogens is 1. The Morgan fingerprint density at radius 1 is 0.847 bits per heavy atom. The number of methoxy groups -OCH3 is 3. The van der Waals surface area contributed by atoms with Crippen molar-refractivity contribution in [2.24, 2.45) is 23.7 Å². The Morgan fingerprint density at radius 3 is 2.05 bits per heavy atom. The summed E-state index contributed by atoms with van der Waals surface area (Å²) in [7, 11) is 4.32. The van der Waals surface area contributed by atoms with Crippen molar-refractivity contribution in [3.63, 3.8) is 0 Å². The summed E-state index contributed by atoms with van der Waals surface area (Å²) in [4.78, 5) is 60.3. The molecule has 1 heterocycles. The van der Waals surface area contributed by atoms with Crippen molar-refractivity contribution in [1.29, 1.82) is 0 Å². The summed E-state index contributed by atoms with van der Waals surface area (Å²) in [6.45, 7) is 7.40. The van der Waals surface area contributed by atoms with E-state index in [1.165, 1.54) is 45.6 Å². The maximum atomic E-state index is 15.1. The second-order valence-electron chi connectivity index (χ2n) is 15.6. The predicted molar refractivity (Wildman–Crippen MR) is 216 cm³/mol. The van der Waals surface area contributed by atoms with Crippen molar-refractivity contribution >= 4 is 40.0 Å². The lowest BCUT2D eigenvalue weighted by atomic mass is 9.72. The van der Waals surface area contributed by atoms with Gasteiger partial charge in [0.2, 0.25) is 11.8 Å². The molecule has 0 fully saturated rings. The third kappa shape index (κ3) is 9.74. The van der Waals surface area contributed by atoms with Crippen LogP contribution in [0, 0.1) is 29.5 Å². The fourth-order valence-corrected chi connectivity index (χ4v) is 8.04. The standard InChI is InChI=1S/C45H53F4N3O7/c1-8-25(3)31(20-28(53)19-27-13-10-11-16-35(27)46)43(56)52-44(18-17-36-33(24-44)30-14-12-15-34(40(30)50-36)45(47,48)49)39(54)23-32(26(4)9-2)42(55)51-41-37(58-6)21-29(57-5)22-38(41)59-7/h10-16,21-22,25-26,31-32,50H,8-9,17-20,23-24H2,1-7H3,(H,51,55)(H,52,56)/t25?,26?,31-,32-,44+/m0/s1. The molecular formula is C45H53F4N3O7. The third-order valence-electron chi connectivity index (χ3n) is 12.0. The summed E-state index contributed by atoms with van der Waals surface area (Å²) < 4.78 is 73.4. The maximum Gasteiger partial charge on any atom is 0.418 e. The van der Waals surface area contributed by atoms with Crippen molar-refractivity contribution in [3.05, 3.63) is 82.8 Å². The van der Waals surface area contributed by atoms with E-state index >= 15 is 4.79 Å². The molecular weight excluding hydrogens is 771 g/mol. The van der Waals surface area contributed by atoms with Gasteiger partial charge >= 0.3 is 6.18 Å². The summed E-state index contributed by atoms with van der Waals surface area (Å²) in [6.07, 6.45) is -4.44. The number of alkyl halides is 3. The zero-order valence-corrected chi connectivity index (χ0v) is 34.5. The van der Waals surface area contributed by atoms with Crippen LogP contribution in [0.5, 0.6) is 17.2 Å². The van der Waals surface area contributed by atoms with E-state index in [0.29, 0.717) is 29.8 Å². The minimum Gasteiger partial charge on any atom is -0.496 e. The number of hydrogen-bond acceptors (Lipinski definition) is 7. The van der Waals surface area contributed by atoms with Crippen molar-refractivity contribution in [2.45, 2.75) is 90.8 Å². The topological polar surface area (TPSA) is 136 Å². The molecule has 0 radical (unpaired) electrons. The first kappa shape index (κ1) is 44.7. The van der Waals surface area contributed by atoms with E-state index in [1.54, 1.807) is 24.3 Å². The molecule has 3 N–H and O–H groups in total. The number of carbonyl (C=O) groups is 4. The molecule has 2 amide bonds. The van der Waals surface area contributed by atoms with Crippen LogP contribution in [-0.2, 0) is 44.6 Å². The van der Waals surface area contributed by atoms with Crippen LogP contribution >= 0.6 is 0 Å². The molecule has 10 nitrogen and oxygen atoms in total. The number of anilines is 1. The molecule has 5 rings (SSSR count). The Balaban J connectivity index is 1.54. The summed E-state index contributed by atoms with van der Waals surface area (Å²) in [5.41, 5.74) is -1.23. The zero-order chi connectivity index (χ0) is 43.2. The number of ether oxygens (including phenoxy) is 3. The SMILES string of the molecule is CCC(C)[C@H](CC(=O)[C@@]1(NC(=O)[C@@H](CC(=O)Cc2ccccc2F)C(C)CC)CCc2[nH]c3c(C(F)(F)F)cccc3c2C1)C(=O)Nc1c(OC)cc(OC)cc1OC. The van der Waals surface area contributed by atoms with Gasteiger partial charge in [0.05, 0.1) is 32.4 Å². The van der Waals surface area contributed by atoms with E-state index < -0.39 is 52.5 Å². The number of aromatic amines is 1. The van der Waals surface area contributed by atoms with Crippen molar-refractivity contribution in [2.75, 3.05) is 26.6 Å². The van der Waals surface area contributed by atoms with Gasteiger partial charge in [0.25, 0.3) is 0 Å². The average Bonchev–Trinajstić information content (AvgIpc) is 3.59. The highest BCUT2D eigenvalue weighted by Gasteiger charge is 2.47. The minimum absolute atomic E-state index is 0.0180. The number of Topliss-reactive ketones (excluding diaryl/α,β-unsaturated/α-hetero) is 2. The molecule has 3 aromatic carbocycles. The van der Waals surface area contributed by atoms with Gasteiger partial charge in [-0.25, -0.2) is 4.39 Å². The van der Waals surface area contributed by atoms with Gasteiger partial charge in [0.1, 0.15) is 40.1 Å². The smallest absolute Gasteiger partial charge is 0.418 e. The first-order chi connectivity index (χ1) is 28.0. The van der Waals surface area contributed by atoms with Gasteiger partial charge in [0, 0.05) is 60.7 Å². The highest BCUT2D eigenvalue weighted by Crippen LogP contribution is 2.43. The van der Waals surface area contributed by atoms with Crippen LogP contribution < -0.4 is 24.8 Å². The molecule has 318 valence electrons. The molecule has 1 aromatic heterocycles. The van der Waals surface area contributed by atoms with Crippen molar-refractivity contribution in [3.8, 4) is 17.2 Å². The maximum absolute atomic E-state index is 15.1. The van der Waals surface area contributed by atoms with E-state index in [1.807, 2.05) is 27.7 Å². The van der Waals surface area contributed by atoms with Crippen molar-refractivity contribution in [1.82, 2.24) is 10.3 Å². The normalized spacial score (nSPS) is 17.3. The molecule has 5 atom stereocenters. The van der Waals surface area contributed by atoms with Crippen LogP contribution in [-0.4, -0.2) is 55.2 Å². The molecule has 14 heteroatoms. The van der Waals surface area contributed by atoms with Crippen LogP contribution in [0.2, 0.25) is 0 Å². The monoisotopic (exact) mass is 823 g/mol. The summed E-state index contributed by atoms with van der Waals surface area (Å²) in [5, 5.41) is 6.20. The van der Waals surface area contributed by atoms with Gasteiger partial charge in [-0.05, 0) is 47.9 Å². The second-order valence-corrected chi connectivity index (χ2v) is 15.6. The van der Waals surface area contributed by atoms with Crippen molar-refractivity contribution < 1.29 is 51.0 Å². The molecule has 0 bridgehead atoms. The first-order valence-electron chi connectivity index (χ1n) is 19.9. The number of aromatic nitrogens is 1. The van der Waals surface area contributed by atoms with E-state index in [4.69, 9.17) is 14.2 Å². The number of aryl methyl sites for hydroxylation is 1. The van der Waals surface area contributed by atoms with Gasteiger partial charge in [-0.2, -0.15) is 13.2 Å². The number of benzene rings is 3. The van der Waals surface area contributed by atoms with E-state index in [2.05, 4.69) is 15.6 Å². The van der Waals surface area contributed by atoms with Crippen LogP contribution in [0.1, 0.15) is 82.2 Å². The van der Waals surface area contributed by atoms with Crippen LogP contribution in [0.3, 0.4) is 0 Å². The fourth-order valence-electron chi connectivity index (χ4n) is 8.04. The van der Waals surface area contributed by atoms with Gasteiger partial charge in [0.15, 0.2) is 5.78 Å². The number of carbonyl (C=O) groups excluding carboxylic acids is 4. The number of hydrogen-bond donors (Lipinski definition) is 3. The van der Waals surface area contributed by atoms with Gasteiger partial charge in [-0.1, -0.05) is 70.9 Å². The number of amides is 2. The summed E-state index contributed by atoms with van der Waals surface area (Å²) in [5.74, 6) is -4.04. The molecule has 59 heavy (non-hydrogen) atoms. The number of halogens is 4. The van der Waals surface area contributed by atoms with Crippen LogP contribution in [0.4, 0.5) is 23.2 Å². The Labute approximate surface area is 341 Å². The lowest BCUT2D eigenvalue weighted by molar-refractivity contribution is -0.138. The number of rotatable bonds is 18. The number of nitrogens with one attached hydrogen (secondary N) is 3. The second kappa shape index (κ2) is 18.7. The highest BCUT2D eigenvalue weighted by atomic mass is 19.4. The van der Waals surface area contributed by atoms with E-state index in [9.17, 15) is 31.9 Å². The van der Waals surface area contributed by atoms with Crippen LogP contribution in [0.25, 0.3) is 10.9 Å². The summed E-state index contributed by atoms with van der Waals surface area (Å²) in [6, 6.07) is 12.9. The first-order valence-corrected chi connectivity index (χ1v) is 19.9. The zero-order valence-electron chi connectivity index (χ0n) is 34.5. The molecule has 4 aromatic rings. The molecule has 0 aliphatic heterocycles. The van der Waals surface area contributed by atoms with Crippen LogP contribution in [0.15, 0.2) is 54.6 Å². The molecule has 0 saturated carbocycles. The Kier molecular flexibility index (Phi) is 14.1. The Hall–Kier alpha value is -5.40. The Bertz CT molecular complexity index is 2160.